The van der Waals surface area contributed by atoms with Gasteiger partial charge in [0, 0.05) is 36.0 Å². The Kier molecular flexibility index (Phi) is 8.96. The van der Waals surface area contributed by atoms with Gasteiger partial charge in [0.05, 0.1) is 6.10 Å². The number of aromatic nitrogens is 1. The Hall–Kier alpha value is -3.45. The Morgan fingerprint density at radius 2 is 1.74 bits per heavy atom. The number of nitrogens with zero attached hydrogens (tertiary/aromatic N) is 2. The number of aliphatic hydroxyl groups is 1. The number of rotatable bonds is 8. The lowest BCUT2D eigenvalue weighted by Crippen LogP contribution is -2.51. The lowest BCUT2D eigenvalue weighted by atomic mass is 10.1. The number of carbonyl (C=O) groups excluding carboxylic acids is 2. The third-order valence-electron chi connectivity index (χ3n) is 4.29. The summed E-state index contributed by atoms with van der Waals surface area (Å²) in [7, 11) is 4.02. The van der Waals surface area contributed by atoms with E-state index in [-0.39, 0.29) is 5.56 Å². The van der Waals surface area contributed by atoms with E-state index in [0.717, 1.165) is 24.5 Å². The summed E-state index contributed by atoms with van der Waals surface area (Å²) in [4.78, 5) is 30.2. The lowest BCUT2D eigenvalue weighted by Gasteiger charge is -2.19. The van der Waals surface area contributed by atoms with Gasteiger partial charge in [0.25, 0.3) is 11.8 Å². The quantitative estimate of drug-likeness (QED) is 0.236. The molecule has 0 aliphatic carbocycles. The fourth-order valence-electron chi connectivity index (χ4n) is 2.53. The number of hydrogen-bond acceptors (Lipinski definition) is 7. The molecule has 0 aliphatic rings. The predicted octanol–water partition coefficient (Wildman–Crippen LogP) is 0.440. The van der Waals surface area contributed by atoms with Crippen LogP contribution in [0.5, 0.6) is 0 Å². The van der Waals surface area contributed by atoms with E-state index in [1.54, 1.807) is 30.5 Å². The molecule has 2 unspecified atom stereocenters. The van der Waals surface area contributed by atoms with Gasteiger partial charge in [-0.15, -0.1) is 0 Å². The van der Waals surface area contributed by atoms with Crippen LogP contribution in [0.4, 0.5) is 5.82 Å². The Balaban J connectivity index is 1.97. The standard InChI is InChI=1S/C22H27N5O4/c1-15(28)20(22(30)26-31)25-21(29)18-9-6-16(7-10-18)4-5-17-8-11-19(24-14-17)23-12-13-27(2)3/h6-11,14-15,20,28,31H,12-13H2,1-3H3,(H,23,24)(H,25,29)(H,26,30). The van der Waals surface area contributed by atoms with Gasteiger partial charge < -0.3 is 20.6 Å². The molecule has 0 saturated carbocycles. The summed E-state index contributed by atoms with van der Waals surface area (Å²) in [5.41, 5.74) is 3.17. The van der Waals surface area contributed by atoms with Crippen LogP contribution in [0.25, 0.3) is 0 Å². The summed E-state index contributed by atoms with van der Waals surface area (Å²) >= 11 is 0. The van der Waals surface area contributed by atoms with E-state index in [9.17, 15) is 14.7 Å². The number of nitrogens with one attached hydrogen (secondary N) is 3. The molecule has 0 saturated heterocycles. The summed E-state index contributed by atoms with van der Waals surface area (Å²) in [5, 5.41) is 23.9. The van der Waals surface area contributed by atoms with E-state index in [2.05, 4.69) is 32.4 Å². The van der Waals surface area contributed by atoms with E-state index in [4.69, 9.17) is 5.21 Å². The van der Waals surface area contributed by atoms with Gasteiger partial charge in [-0.25, -0.2) is 10.5 Å². The second kappa shape index (κ2) is 11.7. The number of benzene rings is 1. The molecule has 2 rings (SSSR count). The number of hydroxylamine groups is 1. The van der Waals surface area contributed by atoms with E-state index in [0.29, 0.717) is 5.56 Å². The fraction of sp³-hybridized carbons (Fsp3) is 0.318. The van der Waals surface area contributed by atoms with Crippen LogP contribution < -0.4 is 16.1 Å². The zero-order chi connectivity index (χ0) is 22.8. The van der Waals surface area contributed by atoms with E-state index in [1.807, 2.05) is 26.2 Å². The molecular formula is C22H27N5O4. The SMILES string of the molecule is CC(O)C(NC(=O)c1ccc(C#Cc2ccc(NCCN(C)C)nc2)cc1)C(=O)NO. The molecule has 1 aromatic heterocycles. The first-order valence-corrected chi connectivity index (χ1v) is 9.69. The van der Waals surface area contributed by atoms with Crippen molar-refractivity contribution >= 4 is 17.6 Å². The van der Waals surface area contributed by atoms with Gasteiger partial charge >= 0.3 is 0 Å². The molecule has 2 atom stereocenters. The van der Waals surface area contributed by atoms with E-state index in [1.165, 1.54) is 12.4 Å². The number of amides is 2. The van der Waals surface area contributed by atoms with Crippen LogP contribution in [-0.2, 0) is 4.79 Å². The van der Waals surface area contributed by atoms with Gasteiger partial charge in [-0.2, -0.15) is 0 Å². The molecule has 0 spiro atoms. The summed E-state index contributed by atoms with van der Waals surface area (Å²) in [6, 6.07) is 8.95. The highest BCUT2D eigenvalue weighted by atomic mass is 16.5. The van der Waals surface area contributed by atoms with Crippen molar-refractivity contribution in [2.45, 2.75) is 19.1 Å². The van der Waals surface area contributed by atoms with Gasteiger partial charge in [0.1, 0.15) is 11.9 Å². The van der Waals surface area contributed by atoms with Gasteiger partial charge in [-0.05, 0) is 57.4 Å². The molecule has 0 fully saturated rings. The smallest absolute Gasteiger partial charge is 0.268 e. The highest BCUT2D eigenvalue weighted by Gasteiger charge is 2.25. The zero-order valence-corrected chi connectivity index (χ0v) is 17.7. The normalized spacial score (nSPS) is 12.3. The minimum absolute atomic E-state index is 0.289. The summed E-state index contributed by atoms with van der Waals surface area (Å²) in [5.74, 6) is 5.34. The van der Waals surface area contributed by atoms with Crippen LogP contribution >= 0.6 is 0 Å². The Morgan fingerprint density at radius 1 is 1.10 bits per heavy atom. The lowest BCUT2D eigenvalue weighted by molar-refractivity contribution is -0.133. The van der Waals surface area contributed by atoms with Crippen LogP contribution in [0, 0.1) is 11.8 Å². The minimum atomic E-state index is -1.27. The molecule has 0 bridgehead atoms. The van der Waals surface area contributed by atoms with Crippen LogP contribution in [-0.4, -0.2) is 71.3 Å². The van der Waals surface area contributed by atoms with Gasteiger partial charge in [-0.1, -0.05) is 11.8 Å². The second-order valence-electron chi connectivity index (χ2n) is 7.16. The first-order chi connectivity index (χ1) is 14.8. The maximum absolute atomic E-state index is 12.3. The van der Waals surface area contributed by atoms with Crippen molar-refractivity contribution < 1.29 is 19.9 Å². The number of aliphatic hydroxyl groups excluding tert-OH is 1. The van der Waals surface area contributed by atoms with E-state index >= 15 is 0 Å². The average Bonchev–Trinajstić information content (AvgIpc) is 2.76. The number of carbonyl (C=O) groups is 2. The molecule has 0 aliphatic heterocycles. The van der Waals surface area contributed by atoms with Crippen molar-refractivity contribution in [3.05, 3.63) is 59.3 Å². The molecule has 5 N–H and O–H groups in total. The highest BCUT2D eigenvalue weighted by Crippen LogP contribution is 2.07. The summed E-state index contributed by atoms with van der Waals surface area (Å²) < 4.78 is 0. The molecule has 9 heteroatoms. The largest absolute Gasteiger partial charge is 0.391 e. The van der Waals surface area contributed by atoms with Crippen molar-refractivity contribution in [2.24, 2.45) is 0 Å². The summed E-state index contributed by atoms with van der Waals surface area (Å²) in [6.45, 7) is 3.04. The number of pyridine rings is 1. The number of likely N-dealkylation sites (N-methyl/N-ethyl adjacent to an activating group) is 1. The van der Waals surface area contributed by atoms with Gasteiger partial charge in [0.2, 0.25) is 0 Å². The minimum Gasteiger partial charge on any atom is -0.391 e. The third-order valence-corrected chi connectivity index (χ3v) is 4.29. The van der Waals surface area contributed by atoms with Crippen LogP contribution in [0.3, 0.4) is 0 Å². The molecule has 31 heavy (non-hydrogen) atoms. The molecule has 2 aromatic rings. The summed E-state index contributed by atoms with van der Waals surface area (Å²) in [6.07, 6.45) is 0.513. The Morgan fingerprint density at radius 3 is 2.29 bits per heavy atom. The van der Waals surface area contributed by atoms with Crippen molar-refractivity contribution in [3.8, 4) is 11.8 Å². The topological polar surface area (TPSA) is 127 Å². The molecule has 0 radical (unpaired) electrons. The molecule has 2 amide bonds. The van der Waals surface area contributed by atoms with Crippen molar-refractivity contribution in [1.82, 2.24) is 20.7 Å². The van der Waals surface area contributed by atoms with Crippen molar-refractivity contribution in [3.63, 3.8) is 0 Å². The molecular weight excluding hydrogens is 398 g/mol. The third kappa shape index (κ3) is 7.71. The van der Waals surface area contributed by atoms with Gasteiger partial charge in [0.15, 0.2) is 0 Å². The molecule has 164 valence electrons. The van der Waals surface area contributed by atoms with Crippen LogP contribution in [0.2, 0.25) is 0 Å². The maximum atomic E-state index is 12.3. The van der Waals surface area contributed by atoms with Crippen molar-refractivity contribution in [1.29, 1.82) is 0 Å². The van der Waals surface area contributed by atoms with Crippen LogP contribution in [0.1, 0.15) is 28.4 Å². The Bertz CT molecular complexity index is 931. The Labute approximate surface area is 181 Å². The molecule has 9 nitrogen and oxygen atoms in total. The number of anilines is 1. The van der Waals surface area contributed by atoms with Gasteiger partial charge in [-0.3, -0.25) is 14.8 Å². The first-order valence-electron chi connectivity index (χ1n) is 9.69. The maximum Gasteiger partial charge on any atom is 0.268 e. The second-order valence-corrected chi connectivity index (χ2v) is 7.16. The first kappa shape index (κ1) is 23.8. The number of hydrogen-bond donors (Lipinski definition) is 5. The molecule has 1 aromatic carbocycles. The zero-order valence-electron chi connectivity index (χ0n) is 17.7. The fourth-order valence-corrected chi connectivity index (χ4v) is 2.53. The molecule has 1 heterocycles. The van der Waals surface area contributed by atoms with Crippen molar-refractivity contribution in [2.75, 3.05) is 32.5 Å². The highest BCUT2D eigenvalue weighted by molar-refractivity contribution is 5.97. The monoisotopic (exact) mass is 425 g/mol. The average molecular weight is 425 g/mol. The van der Waals surface area contributed by atoms with E-state index < -0.39 is 24.0 Å². The van der Waals surface area contributed by atoms with Crippen LogP contribution in [0.15, 0.2) is 42.6 Å². The predicted molar refractivity (Wildman–Crippen MR) is 117 cm³/mol.